The van der Waals surface area contributed by atoms with E-state index in [9.17, 15) is 28.1 Å². The van der Waals surface area contributed by atoms with Crippen molar-refractivity contribution >= 4 is 27.6 Å². The summed E-state index contributed by atoms with van der Waals surface area (Å²) in [5.41, 5.74) is 0.880. The summed E-state index contributed by atoms with van der Waals surface area (Å²) in [7, 11) is -3.97. The van der Waals surface area contributed by atoms with E-state index in [-0.39, 0.29) is 60.5 Å². The van der Waals surface area contributed by atoms with E-state index in [0.717, 1.165) is 6.07 Å². The van der Waals surface area contributed by atoms with Gasteiger partial charge in [0.05, 0.1) is 27.7 Å². The Hall–Kier alpha value is -3.38. The molecule has 0 spiro atoms. The fourth-order valence-corrected chi connectivity index (χ4v) is 5.18. The minimum atomic E-state index is -3.97. The van der Waals surface area contributed by atoms with E-state index in [1.807, 2.05) is 0 Å². The van der Waals surface area contributed by atoms with E-state index >= 15 is 0 Å². The average Bonchev–Trinajstić information content (AvgIpc) is 2.78. The van der Waals surface area contributed by atoms with Gasteiger partial charge in [-0.3, -0.25) is 14.9 Å². The van der Waals surface area contributed by atoms with Gasteiger partial charge >= 0.3 is 5.97 Å². The number of carbonyl (C=O) groups is 2. The van der Waals surface area contributed by atoms with Crippen molar-refractivity contribution in [2.45, 2.75) is 25.7 Å². The highest BCUT2D eigenvalue weighted by molar-refractivity contribution is 7.89. The molecule has 0 atom stereocenters. The number of non-ortho nitro benzene ring substituents is 1. The minimum absolute atomic E-state index is 0.0378. The third-order valence-electron chi connectivity index (χ3n) is 5.33. The number of pyridine rings is 1. The van der Waals surface area contributed by atoms with Gasteiger partial charge in [0.2, 0.25) is 10.0 Å². The van der Waals surface area contributed by atoms with Crippen LogP contribution in [0.3, 0.4) is 0 Å². The Morgan fingerprint density at radius 3 is 2.36 bits per heavy atom. The molecule has 0 aliphatic carbocycles. The SMILES string of the molecule is CCOC(=O)c1ccc(C(=O)N2CCN(S(=O)(=O)c3cc([N+](=O)[O-])ccc3C)CC2)nc1C. The average molecular weight is 477 g/mol. The number of hydrogen-bond donors (Lipinski definition) is 0. The molecule has 33 heavy (non-hydrogen) atoms. The van der Waals surface area contributed by atoms with Gasteiger partial charge in [-0.25, -0.2) is 18.2 Å². The molecule has 2 aromatic rings. The van der Waals surface area contributed by atoms with Gasteiger partial charge in [0, 0.05) is 38.3 Å². The van der Waals surface area contributed by atoms with Crippen LogP contribution in [-0.4, -0.2) is 72.2 Å². The summed E-state index contributed by atoms with van der Waals surface area (Å²) in [6.07, 6.45) is 0. The Morgan fingerprint density at radius 2 is 1.79 bits per heavy atom. The zero-order valence-corrected chi connectivity index (χ0v) is 19.3. The lowest BCUT2D eigenvalue weighted by Gasteiger charge is -2.34. The van der Waals surface area contributed by atoms with E-state index in [1.54, 1.807) is 20.8 Å². The van der Waals surface area contributed by atoms with Crippen molar-refractivity contribution in [1.82, 2.24) is 14.2 Å². The summed E-state index contributed by atoms with van der Waals surface area (Å²) in [4.78, 5) is 40.8. The molecule has 1 aromatic heterocycles. The molecule has 1 fully saturated rings. The van der Waals surface area contributed by atoms with E-state index in [4.69, 9.17) is 4.74 Å². The monoisotopic (exact) mass is 476 g/mol. The van der Waals surface area contributed by atoms with Crippen LogP contribution in [0.4, 0.5) is 5.69 Å². The molecule has 0 radical (unpaired) electrons. The number of ether oxygens (including phenoxy) is 1. The standard InChI is InChI=1S/C21H24N4O7S/c1-4-32-21(27)17-7-8-18(22-15(17)3)20(26)23-9-11-24(12-10-23)33(30,31)19-13-16(25(28)29)6-5-14(19)2/h5-8,13H,4,9-12H2,1-3H3. The molecular formula is C21H24N4O7S. The third kappa shape index (κ3) is 5.01. The van der Waals surface area contributed by atoms with Gasteiger partial charge in [-0.15, -0.1) is 0 Å². The van der Waals surface area contributed by atoms with Crippen LogP contribution in [0.2, 0.25) is 0 Å². The molecule has 0 unspecified atom stereocenters. The fourth-order valence-electron chi connectivity index (χ4n) is 3.52. The summed E-state index contributed by atoms with van der Waals surface area (Å²) in [6.45, 7) is 5.44. The normalized spacial score (nSPS) is 14.7. The number of carbonyl (C=O) groups excluding carboxylic acids is 2. The number of aryl methyl sites for hydroxylation is 2. The predicted molar refractivity (Wildman–Crippen MR) is 117 cm³/mol. The number of sulfonamides is 1. The van der Waals surface area contributed by atoms with Crippen molar-refractivity contribution in [1.29, 1.82) is 0 Å². The molecule has 176 valence electrons. The van der Waals surface area contributed by atoms with Gasteiger partial charge in [-0.05, 0) is 38.5 Å². The first-order valence-corrected chi connectivity index (χ1v) is 11.7. The molecular weight excluding hydrogens is 452 g/mol. The van der Waals surface area contributed by atoms with Crippen LogP contribution < -0.4 is 0 Å². The van der Waals surface area contributed by atoms with E-state index in [0.29, 0.717) is 11.3 Å². The van der Waals surface area contributed by atoms with Gasteiger partial charge in [0.15, 0.2) is 0 Å². The molecule has 2 heterocycles. The Kier molecular flexibility index (Phi) is 7.08. The van der Waals surface area contributed by atoms with Crippen molar-refractivity contribution in [3.8, 4) is 0 Å². The van der Waals surface area contributed by atoms with Crippen LogP contribution in [-0.2, 0) is 14.8 Å². The van der Waals surface area contributed by atoms with Crippen LogP contribution in [0.1, 0.15) is 39.0 Å². The second-order valence-electron chi connectivity index (χ2n) is 7.45. The van der Waals surface area contributed by atoms with Crippen molar-refractivity contribution in [2.75, 3.05) is 32.8 Å². The number of esters is 1. The summed E-state index contributed by atoms with van der Waals surface area (Å²) in [5.74, 6) is -0.895. The quantitative estimate of drug-likeness (QED) is 0.350. The maximum atomic E-state index is 13.1. The number of rotatable bonds is 6. The Bertz CT molecular complexity index is 1210. The lowest BCUT2D eigenvalue weighted by Crippen LogP contribution is -2.50. The number of hydrogen-bond acceptors (Lipinski definition) is 8. The van der Waals surface area contributed by atoms with Gasteiger partial charge in [0.25, 0.3) is 11.6 Å². The van der Waals surface area contributed by atoms with Crippen LogP contribution >= 0.6 is 0 Å². The highest BCUT2D eigenvalue weighted by Crippen LogP contribution is 2.26. The second kappa shape index (κ2) is 9.63. The topological polar surface area (TPSA) is 140 Å². The number of nitro benzene ring substituents is 1. The van der Waals surface area contributed by atoms with Gasteiger partial charge < -0.3 is 9.64 Å². The number of piperazine rings is 1. The third-order valence-corrected chi connectivity index (χ3v) is 7.37. The summed E-state index contributed by atoms with van der Waals surface area (Å²) < 4.78 is 32.3. The first-order chi connectivity index (χ1) is 15.6. The Labute approximate surface area is 191 Å². The molecule has 1 saturated heterocycles. The van der Waals surface area contributed by atoms with Gasteiger partial charge in [-0.1, -0.05) is 6.07 Å². The molecule has 1 aliphatic rings. The smallest absolute Gasteiger partial charge is 0.339 e. The molecule has 0 N–H and O–H groups in total. The first-order valence-electron chi connectivity index (χ1n) is 10.3. The maximum absolute atomic E-state index is 13.1. The fraction of sp³-hybridized carbons (Fsp3) is 0.381. The maximum Gasteiger partial charge on any atom is 0.339 e. The molecule has 12 heteroatoms. The second-order valence-corrected chi connectivity index (χ2v) is 9.36. The Morgan fingerprint density at radius 1 is 1.12 bits per heavy atom. The number of amides is 1. The molecule has 11 nitrogen and oxygen atoms in total. The van der Waals surface area contributed by atoms with E-state index in [2.05, 4.69) is 4.98 Å². The zero-order chi connectivity index (χ0) is 24.3. The van der Waals surface area contributed by atoms with Crippen LogP contribution in [0.5, 0.6) is 0 Å². The van der Waals surface area contributed by atoms with Crippen LogP contribution in [0, 0.1) is 24.0 Å². The molecule has 1 aromatic carbocycles. The van der Waals surface area contributed by atoms with Crippen LogP contribution in [0.15, 0.2) is 35.2 Å². The lowest BCUT2D eigenvalue weighted by molar-refractivity contribution is -0.385. The largest absolute Gasteiger partial charge is 0.462 e. The van der Waals surface area contributed by atoms with Crippen molar-refractivity contribution in [3.05, 3.63) is 63.0 Å². The highest BCUT2D eigenvalue weighted by Gasteiger charge is 2.32. The van der Waals surface area contributed by atoms with Crippen LogP contribution in [0.25, 0.3) is 0 Å². The number of aromatic nitrogens is 1. The first kappa shape index (κ1) is 24.3. The van der Waals surface area contributed by atoms with Gasteiger partial charge in [0.1, 0.15) is 5.69 Å². The summed E-state index contributed by atoms with van der Waals surface area (Å²) >= 11 is 0. The van der Waals surface area contributed by atoms with Crippen molar-refractivity contribution in [2.24, 2.45) is 0 Å². The molecule has 0 bridgehead atoms. The molecule has 1 aliphatic heterocycles. The number of nitrogens with zero attached hydrogens (tertiary/aromatic N) is 4. The number of nitro groups is 1. The lowest BCUT2D eigenvalue weighted by atomic mass is 10.1. The number of benzene rings is 1. The summed E-state index contributed by atoms with van der Waals surface area (Å²) in [6, 6.07) is 6.64. The highest BCUT2D eigenvalue weighted by atomic mass is 32.2. The predicted octanol–water partition coefficient (Wildman–Crippen LogP) is 1.93. The van der Waals surface area contributed by atoms with E-state index in [1.165, 1.54) is 33.5 Å². The molecule has 1 amide bonds. The van der Waals surface area contributed by atoms with Crippen molar-refractivity contribution < 1.29 is 27.7 Å². The van der Waals surface area contributed by atoms with E-state index < -0.39 is 20.9 Å². The molecule has 3 rings (SSSR count). The minimum Gasteiger partial charge on any atom is -0.462 e. The van der Waals surface area contributed by atoms with Crippen molar-refractivity contribution in [3.63, 3.8) is 0 Å². The Balaban J connectivity index is 1.73. The van der Waals surface area contributed by atoms with Gasteiger partial charge in [-0.2, -0.15) is 4.31 Å². The molecule has 0 saturated carbocycles. The zero-order valence-electron chi connectivity index (χ0n) is 18.5. The summed E-state index contributed by atoms with van der Waals surface area (Å²) in [5, 5.41) is 11.1.